The van der Waals surface area contributed by atoms with Crippen LogP contribution in [0.15, 0.2) is 23.1 Å². The number of thioether (sulfide) groups is 1. The normalized spacial score (nSPS) is 13.2. The smallest absolute Gasteiger partial charge is 0.446 e. The molecule has 2 nitrogen and oxygen atoms in total. The topological polar surface area (TPSA) is 26.3 Å². The first-order valence-electron chi connectivity index (χ1n) is 4.83. The molecule has 0 N–H and O–H groups in total. The maximum absolute atomic E-state index is 12.2. The number of hydrogen-bond acceptors (Lipinski definition) is 3. The molecule has 0 radical (unpaired) electrons. The first-order chi connectivity index (χ1) is 8.24. The summed E-state index contributed by atoms with van der Waals surface area (Å²) in [5.74, 6) is 0.103. The molecule has 0 aliphatic rings. The fraction of sp³-hybridized carbons (Fsp3) is 0.364. The summed E-state index contributed by atoms with van der Waals surface area (Å²) in [5, 5.41) is 0. The Hall–Kier alpha value is -0.690. The van der Waals surface area contributed by atoms with Gasteiger partial charge >= 0.3 is 5.51 Å². The molecule has 0 aliphatic carbocycles. The zero-order valence-electron chi connectivity index (χ0n) is 9.55. The number of ether oxygens (including phenoxy) is 1. The van der Waals surface area contributed by atoms with Crippen molar-refractivity contribution in [2.75, 3.05) is 7.11 Å². The van der Waals surface area contributed by atoms with Gasteiger partial charge in [0.1, 0.15) is 16.4 Å². The summed E-state index contributed by atoms with van der Waals surface area (Å²) in [6.07, 6.45) is 0. The summed E-state index contributed by atoms with van der Waals surface area (Å²) in [6, 6.07) is 4.03. The van der Waals surface area contributed by atoms with E-state index in [0.717, 1.165) is 0 Å². The van der Waals surface area contributed by atoms with Gasteiger partial charge in [-0.1, -0.05) is 22.0 Å². The highest BCUT2D eigenvalue weighted by Gasteiger charge is 2.30. The molecule has 0 heterocycles. The zero-order chi connectivity index (χ0) is 13.9. The highest BCUT2D eigenvalue weighted by molar-refractivity contribution is 9.09. The number of methoxy groups -OCH3 is 1. The van der Waals surface area contributed by atoms with E-state index in [2.05, 4.69) is 15.9 Å². The maximum atomic E-state index is 12.2. The molecule has 0 saturated heterocycles. The minimum Gasteiger partial charge on any atom is -0.496 e. The van der Waals surface area contributed by atoms with Crippen molar-refractivity contribution in [1.29, 1.82) is 0 Å². The van der Waals surface area contributed by atoms with Crippen LogP contribution in [-0.2, 0) is 4.79 Å². The average molecular weight is 343 g/mol. The third-order valence-electron chi connectivity index (χ3n) is 2.07. The van der Waals surface area contributed by atoms with Gasteiger partial charge in [0.2, 0.25) is 0 Å². The van der Waals surface area contributed by atoms with Gasteiger partial charge in [-0.2, -0.15) is 13.2 Å². The van der Waals surface area contributed by atoms with E-state index in [0.29, 0.717) is 5.56 Å². The Kier molecular flexibility index (Phi) is 5.10. The van der Waals surface area contributed by atoms with Crippen LogP contribution in [0.25, 0.3) is 0 Å². The Bertz CT molecular complexity index is 448. The molecule has 7 heteroatoms. The van der Waals surface area contributed by atoms with Crippen molar-refractivity contribution in [2.24, 2.45) is 0 Å². The molecule has 0 spiro atoms. The first-order valence-corrected chi connectivity index (χ1v) is 6.56. The Balaban J connectivity index is 3.07. The van der Waals surface area contributed by atoms with Gasteiger partial charge < -0.3 is 4.74 Å². The van der Waals surface area contributed by atoms with E-state index in [1.54, 1.807) is 0 Å². The lowest BCUT2D eigenvalue weighted by Crippen LogP contribution is -2.04. The monoisotopic (exact) mass is 342 g/mol. The van der Waals surface area contributed by atoms with Gasteiger partial charge in [-0.25, -0.2) is 0 Å². The van der Waals surface area contributed by atoms with Crippen molar-refractivity contribution in [3.05, 3.63) is 23.8 Å². The Morgan fingerprint density at radius 1 is 1.44 bits per heavy atom. The minimum atomic E-state index is -4.35. The number of benzene rings is 1. The lowest BCUT2D eigenvalue weighted by atomic mass is 10.1. The van der Waals surface area contributed by atoms with Crippen LogP contribution in [0.5, 0.6) is 5.75 Å². The number of carbonyl (C=O) groups excluding carboxylic acids is 1. The van der Waals surface area contributed by atoms with E-state index in [4.69, 9.17) is 4.74 Å². The van der Waals surface area contributed by atoms with E-state index in [1.807, 2.05) is 0 Å². The molecule has 0 aromatic heterocycles. The summed E-state index contributed by atoms with van der Waals surface area (Å²) >= 11 is 2.95. The molecule has 0 aliphatic heterocycles. The zero-order valence-corrected chi connectivity index (χ0v) is 11.9. The number of halogens is 4. The van der Waals surface area contributed by atoms with Crippen LogP contribution < -0.4 is 4.74 Å². The van der Waals surface area contributed by atoms with Crippen molar-refractivity contribution < 1.29 is 22.7 Å². The Morgan fingerprint density at radius 3 is 2.50 bits per heavy atom. The highest BCUT2D eigenvalue weighted by atomic mass is 79.9. The van der Waals surface area contributed by atoms with Crippen LogP contribution in [0.4, 0.5) is 13.2 Å². The van der Waals surface area contributed by atoms with Gasteiger partial charge in [-0.3, -0.25) is 4.79 Å². The Morgan fingerprint density at radius 2 is 2.06 bits per heavy atom. The lowest BCUT2D eigenvalue weighted by molar-refractivity contribution is -0.116. The molecule has 18 heavy (non-hydrogen) atoms. The van der Waals surface area contributed by atoms with Gasteiger partial charge in [-0.15, -0.1) is 0 Å². The summed E-state index contributed by atoms with van der Waals surface area (Å²) < 4.78 is 41.7. The van der Waals surface area contributed by atoms with Crippen LogP contribution in [0.3, 0.4) is 0 Å². The second-order valence-electron chi connectivity index (χ2n) is 3.42. The van der Waals surface area contributed by atoms with Crippen LogP contribution in [-0.4, -0.2) is 18.4 Å². The fourth-order valence-electron chi connectivity index (χ4n) is 1.32. The van der Waals surface area contributed by atoms with Gasteiger partial charge in [0, 0.05) is 10.5 Å². The van der Waals surface area contributed by atoms with E-state index in [1.165, 1.54) is 32.2 Å². The fourth-order valence-corrected chi connectivity index (χ4v) is 2.26. The number of ketones is 1. The molecule has 0 saturated carbocycles. The standard InChI is InChI=1S/C11H10BrF3O2S/c1-6(16)10(12)8-4-3-7(5-9(8)17-2)18-11(13,14)15/h3-5,10H,1-2H3. The first kappa shape index (κ1) is 15.4. The molecular formula is C11H10BrF3O2S. The van der Waals surface area contributed by atoms with Crippen molar-refractivity contribution in [2.45, 2.75) is 22.2 Å². The largest absolute Gasteiger partial charge is 0.496 e. The molecule has 1 unspecified atom stereocenters. The van der Waals surface area contributed by atoms with Gasteiger partial charge in [0.25, 0.3) is 0 Å². The van der Waals surface area contributed by atoms with Gasteiger partial charge in [0.05, 0.1) is 7.11 Å². The van der Waals surface area contributed by atoms with Crippen LogP contribution in [0.1, 0.15) is 17.3 Å². The van der Waals surface area contributed by atoms with Crippen LogP contribution in [0, 0.1) is 0 Å². The van der Waals surface area contributed by atoms with Crippen LogP contribution >= 0.6 is 27.7 Å². The molecular weight excluding hydrogens is 333 g/mol. The van der Waals surface area contributed by atoms with Crippen molar-refractivity contribution in [3.63, 3.8) is 0 Å². The van der Waals surface area contributed by atoms with E-state index >= 15 is 0 Å². The number of alkyl halides is 4. The molecule has 0 fully saturated rings. The highest BCUT2D eigenvalue weighted by Crippen LogP contribution is 2.40. The van der Waals surface area contributed by atoms with E-state index < -0.39 is 10.3 Å². The maximum Gasteiger partial charge on any atom is 0.446 e. The quantitative estimate of drug-likeness (QED) is 0.601. The van der Waals surface area contributed by atoms with Gasteiger partial charge in [0.15, 0.2) is 0 Å². The third kappa shape index (κ3) is 4.20. The molecule has 1 atom stereocenters. The molecule has 1 aromatic rings. The SMILES string of the molecule is COc1cc(SC(F)(F)F)ccc1C(Br)C(C)=O. The molecule has 100 valence electrons. The average Bonchev–Trinajstić information content (AvgIpc) is 2.25. The lowest BCUT2D eigenvalue weighted by Gasteiger charge is -2.14. The summed E-state index contributed by atoms with van der Waals surface area (Å²) in [6.45, 7) is 1.39. The number of hydrogen-bond donors (Lipinski definition) is 0. The number of Topliss-reactive ketones (excluding diaryl/α,β-unsaturated/α-hetero) is 1. The summed E-state index contributed by atoms with van der Waals surface area (Å²) in [7, 11) is 1.35. The van der Waals surface area contributed by atoms with Crippen molar-refractivity contribution in [3.8, 4) is 5.75 Å². The molecule has 0 bridgehead atoms. The summed E-state index contributed by atoms with van der Waals surface area (Å²) in [5.41, 5.74) is -3.84. The molecule has 0 amide bonds. The Labute approximate surface area is 115 Å². The number of carbonyl (C=O) groups is 1. The molecule has 1 rings (SSSR count). The predicted octanol–water partition coefficient (Wildman–Crippen LogP) is 4.33. The van der Waals surface area contributed by atoms with Crippen LogP contribution in [0.2, 0.25) is 0 Å². The number of rotatable bonds is 4. The predicted molar refractivity (Wildman–Crippen MR) is 67.3 cm³/mol. The minimum absolute atomic E-state index is 0.0198. The van der Waals surface area contributed by atoms with E-state index in [-0.39, 0.29) is 28.2 Å². The second-order valence-corrected chi connectivity index (χ2v) is 5.48. The third-order valence-corrected chi connectivity index (χ3v) is 3.93. The second kappa shape index (κ2) is 5.97. The van der Waals surface area contributed by atoms with Crippen molar-refractivity contribution in [1.82, 2.24) is 0 Å². The van der Waals surface area contributed by atoms with Gasteiger partial charge in [-0.05, 0) is 30.8 Å². The van der Waals surface area contributed by atoms with E-state index in [9.17, 15) is 18.0 Å². The van der Waals surface area contributed by atoms with Crippen molar-refractivity contribution >= 4 is 33.5 Å². The molecule has 1 aromatic carbocycles. The summed E-state index contributed by atoms with van der Waals surface area (Å²) in [4.78, 5) is 10.7.